The molecule has 0 aliphatic carbocycles. The summed E-state index contributed by atoms with van der Waals surface area (Å²) in [5, 5.41) is 2.77. The van der Waals surface area contributed by atoms with Crippen molar-refractivity contribution in [3.8, 4) is 0 Å². The molecule has 1 aliphatic heterocycles. The van der Waals surface area contributed by atoms with E-state index in [-0.39, 0.29) is 30.7 Å². The Morgan fingerprint density at radius 1 is 1.30 bits per heavy atom. The summed E-state index contributed by atoms with van der Waals surface area (Å²) in [5.74, 6) is -0.522. The zero-order valence-corrected chi connectivity index (χ0v) is 16.3. The second-order valence-electron chi connectivity index (χ2n) is 7.03. The number of para-hydroxylation sites is 1. The molecule has 2 rings (SSSR count). The number of esters is 1. The predicted molar refractivity (Wildman–Crippen MR) is 103 cm³/mol. The number of anilines is 1. The standard InChI is InChI=1S/C20H29N3O4/c1-4-23(16-8-6-5-7-9-16)18(24)13-22-11-10-21-20(26)17(22)12-19(25)27-14-15(2)3/h5-9,15,17H,4,10-14H2,1-3H3,(H,21,26). The van der Waals surface area contributed by atoms with Gasteiger partial charge in [0.1, 0.15) is 6.04 Å². The zero-order valence-electron chi connectivity index (χ0n) is 16.3. The number of hydrogen-bond acceptors (Lipinski definition) is 5. The number of carbonyl (C=O) groups excluding carboxylic acids is 3. The summed E-state index contributed by atoms with van der Waals surface area (Å²) in [5.41, 5.74) is 0.819. The van der Waals surface area contributed by atoms with Gasteiger partial charge in [0.15, 0.2) is 0 Å². The van der Waals surface area contributed by atoms with E-state index in [1.807, 2.05) is 51.1 Å². The normalized spacial score (nSPS) is 17.5. The van der Waals surface area contributed by atoms with Gasteiger partial charge in [-0.15, -0.1) is 0 Å². The Hall–Kier alpha value is -2.41. The first-order valence-corrected chi connectivity index (χ1v) is 9.45. The summed E-state index contributed by atoms with van der Waals surface area (Å²) in [6, 6.07) is 8.74. The molecule has 27 heavy (non-hydrogen) atoms. The number of ether oxygens (including phenoxy) is 1. The van der Waals surface area contributed by atoms with Gasteiger partial charge in [-0.2, -0.15) is 0 Å². The third-order valence-corrected chi connectivity index (χ3v) is 4.40. The van der Waals surface area contributed by atoms with Crippen LogP contribution in [0.3, 0.4) is 0 Å². The van der Waals surface area contributed by atoms with Crippen molar-refractivity contribution < 1.29 is 19.1 Å². The molecule has 1 saturated heterocycles. The van der Waals surface area contributed by atoms with Crippen LogP contribution in [-0.2, 0) is 19.1 Å². The number of likely N-dealkylation sites (N-methyl/N-ethyl adjacent to an activating group) is 1. The number of nitrogens with one attached hydrogen (secondary N) is 1. The lowest BCUT2D eigenvalue weighted by atomic mass is 10.1. The van der Waals surface area contributed by atoms with Crippen molar-refractivity contribution in [2.24, 2.45) is 5.92 Å². The molecule has 1 aromatic carbocycles. The van der Waals surface area contributed by atoms with Crippen LogP contribution < -0.4 is 10.2 Å². The molecule has 148 valence electrons. The summed E-state index contributed by atoms with van der Waals surface area (Å²) in [6.07, 6.45) is -0.0523. The fraction of sp³-hybridized carbons (Fsp3) is 0.550. The molecule has 7 nitrogen and oxygen atoms in total. The van der Waals surface area contributed by atoms with Crippen LogP contribution in [0.25, 0.3) is 0 Å². The van der Waals surface area contributed by atoms with Gasteiger partial charge in [-0.1, -0.05) is 32.0 Å². The lowest BCUT2D eigenvalue weighted by molar-refractivity contribution is -0.149. The number of benzene rings is 1. The van der Waals surface area contributed by atoms with Gasteiger partial charge >= 0.3 is 5.97 Å². The average molecular weight is 375 g/mol. The molecule has 2 amide bonds. The highest BCUT2D eigenvalue weighted by Crippen LogP contribution is 2.16. The largest absolute Gasteiger partial charge is 0.465 e. The van der Waals surface area contributed by atoms with Crippen LogP contribution >= 0.6 is 0 Å². The maximum Gasteiger partial charge on any atom is 0.307 e. The van der Waals surface area contributed by atoms with Crippen LogP contribution in [-0.4, -0.2) is 61.5 Å². The van der Waals surface area contributed by atoms with Crippen molar-refractivity contribution in [1.82, 2.24) is 10.2 Å². The molecule has 7 heteroatoms. The molecule has 1 aliphatic rings. The fourth-order valence-corrected chi connectivity index (χ4v) is 3.02. The minimum absolute atomic E-state index is 0.0523. The zero-order chi connectivity index (χ0) is 19.8. The van der Waals surface area contributed by atoms with Gasteiger partial charge in [0.25, 0.3) is 0 Å². The summed E-state index contributed by atoms with van der Waals surface area (Å²) in [4.78, 5) is 40.6. The van der Waals surface area contributed by atoms with E-state index in [0.717, 1.165) is 5.69 Å². The number of amides is 2. The molecule has 0 saturated carbocycles. The second-order valence-corrected chi connectivity index (χ2v) is 7.03. The minimum Gasteiger partial charge on any atom is -0.465 e. The molecule has 1 fully saturated rings. The van der Waals surface area contributed by atoms with Crippen LogP contribution in [0.5, 0.6) is 0 Å². The van der Waals surface area contributed by atoms with Crippen molar-refractivity contribution in [3.05, 3.63) is 30.3 Å². The number of rotatable bonds is 8. The summed E-state index contributed by atoms with van der Waals surface area (Å²) in [7, 11) is 0. The number of nitrogens with zero attached hydrogens (tertiary/aromatic N) is 2. The van der Waals surface area contributed by atoms with Crippen molar-refractivity contribution >= 4 is 23.5 Å². The Morgan fingerprint density at radius 3 is 2.63 bits per heavy atom. The molecule has 0 aromatic heterocycles. The molecular weight excluding hydrogens is 346 g/mol. The molecule has 1 unspecified atom stereocenters. The maximum absolute atomic E-state index is 12.8. The Labute approximate surface area is 160 Å². The van der Waals surface area contributed by atoms with Gasteiger partial charge in [0.05, 0.1) is 19.6 Å². The van der Waals surface area contributed by atoms with Gasteiger partial charge in [-0.3, -0.25) is 19.3 Å². The Morgan fingerprint density at radius 2 is 2.00 bits per heavy atom. The van der Waals surface area contributed by atoms with Gasteiger partial charge < -0.3 is 15.0 Å². The highest BCUT2D eigenvalue weighted by atomic mass is 16.5. The molecule has 0 spiro atoms. The van der Waals surface area contributed by atoms with E-state index >= 15 is 0 Å². The van der Waals surface area contributed by atoms with Crippen LogP contribution in [0, 0.1) is 5.92 Å². The minimum atomic E-state index is -0.683. The lowest BCUT2D eigenvalue weighted by Gasteiger charge is -2.35. The maximum atomic E-state index is 12.8. The summed E-state index contributed by atoms with van der Waals surface area (Å²) < 4.78 is 5.20. The van der Waals surface area contributed by atoms with E-state index in [4.69, 9.17) is 4.74 Å². The topological polar surface area (TPSA) is 79.0 Å². The van der Waals surface area contributed by atoms with E-state index in [1.54, 1.807) is 9.80 Å². The summed E-state index contributed by atoms with van der Waals surface area (Å²) in [6.45, 7) is 7.73. The van der Waals surface area contributed by atoms with Gasteiger partial charge in [0, 0.05) is 25.3 Å². The Balaban J connectivity index is 2.03. The van der Waals surface area contributed by atoms with E-state index < -0.39 is 12.0 Å². The van der Waals surface area contributed by atoms with Crippen LogP contribution in [0.15, 0.2) is 30.3 Å². The number of piperazine rings is 1. The number of carbonyl (C=O) groups is 3. The van der Waals surface area contributed by atoms with E-state index in [0.29, 0.717) is 26.2 Å². The first kappa shape index (κ1) is 20.9. The van der Waals surface area contributed by atoms with Crippen molar-refractivity contribution in [1.29, 1.82) is 0 Å². The molecule has 0 radical (unpaired) electrons. The monoisotopic (exact) mass is 375 g/mol. The van der Waals surface area contributed by atoms with Crippen molar-refractivity contribution in [2.75, 3.05) is 37.7 Å². The third kappa shape index (κ3) is 6.06. The Kier molecular flexibility index (Phi) is 7.79. The number of hydrogen-bond donors (Lipinski definition) is 1. The van der Waals surface area contributed by atoms with E-state index in [9.17, 15) is 14.4 Å². The highest BCUT2D eigenvalue weighted by molar-refractivity contribution is 5.95. The molecule has 1 N–H and O–H groups in total. The molecule has 1 heterocycles. The smallest absolute Gasteiger partial charge is 0.307 e. The molecule has 0 bridgehead atoms. The van der Waals surface area contributed by atoms with Gasteiger partial charge in [-0.05, 0) is 25.0 Å². The highest BCUT2D eigenvalue weighted by Gasteiger charge is 2.34. The Bertz CT molecular complexity index is 648. The molecule has 1 atom stereocenters. The molecule has 1 aromatic rings. The van der Waals surface area contributed by atoms with Crippen molar-refractivity contribution in [2.45, 2.75) is 33.2 Å². The van der Waals surface area contributed by atoms with Gasteiger partial charge in [-0.25, -0.2) is 0 Å². The van der Waals surface area contributed by atoms with E-state index in [2.05, 4.69) is 5.32 Å². The third-order valence-electron chi connectivity index (χ3n) is 4.40. The second kappa shape index (κ2) is 10.1. The fourth-order valence-electron chi connectivity index (χ4n) is 3.02. The predicted octanol–water partition coefficient (Wildman–Crippen LogP) is 1.43. The van der Waals surface area contributed by atoms with Crippen LogP contribution in [0.1, 0.15) is 27.2 Å². The first-order valence-electron chi connectivity index (χ1n) is 9.45. The average Bonchev–Trinajstić information content (AvgIpc) is 2.64. The van der Waals surface area contributed by atoms with Gasteiger partial charge in [0.2, 0.25) is 11.8 Å². The van der Waals surface area contributed by atoms with Crippen molar-refractivity contribution in [3.63, 3.8) is 0 Å². The SMILES string of the molecule is CCN(C(=O)CN1CCNC(=O)C1CC(=O)OCC(C)C)c1ccccc1. The molecular formula is C20H29N3O4. The quantitative estimate of drug-likeness (QED) is 0.696. The van der Waals surface area contributed by atoms with E-state index in [1.165, 1.54) is 0 Å². The van der Waals surface area contributed by atoms with Crippen LogP contribution in [0.2, 0.25) is 0 Å². The van der Waals surface area contributed by atoms with Crippen LogP contribution in [0.4, 0.5) is 5.69 Å². The lowest BCUT2D eigenvalue weighted by Crippen LogP contribution is -2.58. The summed E-state index contributed by atoms with van der Waals surface area (Å²) >= 11 is 0. The first-order chi connectivity index (χ1) is 12.9.